The average molecular weight is 306 g/mol. The summed E-state index contributed by atoms with van der Waals surface area (Å²) in [5, 5.41) is 3.44. The molecule has 17 heavy (non-hydrogen) atoms. The van der Waals surface area contributed by atoms with Gasteiger partial charge in [-0.05, 0) is 22.0 Å². The highest BCUT2D eigenvalue weighted by molar-refractivity contribution is 9.10. The van der Waals surface area contributed by atoms with E-state index in [1.165, 1.54) is 25.6 Å². The Kier molecular flexibility index (Phi) is 2.94. The first-order valence-corrected chi connectivity index (χ1v) is 5.39. The van der Waals surface area contributed by atoms with Crippen LogP contribution in [0, 0.1) is 0 Å². The molecule has 0 unspecified atom stereocenters. The fraction of sp³-hybridized carbons (Fsp3) is 0.200. The van der Waals surface area contributed by atoms with E-state index in [1.54, 1.807) is 6.07 Å². The van der Waals surface area contributed by atoms with Crippen molar-refractivity contribution in [3.05, 3.63) is 34.8 Å². The van der Waals surface area contributed by atoms with Gasteiger partial charge in [0.2, 0.25) is 0 Å². The molecule has 2 aromatic heterocycles. The molecule has 3 nitrogen and oxygen atoms in total. The zero-order chi connectivity index (χ0) is 12.6. The van der Waals surface area contributed by atoms with Gasteiger partial charge in [-0.3, -0.25) is 9.67 Å². The lowest BCUT2D eigenvalue weighted by Gasteiger charge is -2.05. The minimum Gasteiger partial charge on any atom is -0.275 e. The monoisotopic (exact) mass is 305 g/mol. The standard InChI is InChI=1S/C10H7BrF3N3/c1-17-5-8(9(16-17)10(12,13)14)6-2-7(11)4-15-3-6/h2-5H,1H3. The Balaban J connectivity index is 2.60. The minimum absolute atomic E-state index is 0.0220. The van der Waals surface area contributed by atoms with E-state index in [4.69, 9.17) is 0 Å². The lowest BCUT2D eigenvalue weighted by Crippen LogP contribution is -2.08. The Bertz CT molecular complexity index is 548. The van der Waals surface area contributed by atoms with Crippen LogP contribution in [0.25, 0.3) is 11.1 Å². The van der Waals surface area contributed by atoms with E-state index in [0.29, 0.717) is 10.0 Å². The second kappa shape index (κ2) is 4.14. The second-order valence-electron chi connectivity index (χ2n) is 3.45. The van der Waals surface area contributed by atoms with Crippen LogP contribution in [0.3, 0.4) is 0 Å². The lowest BCUT2D eigenvalue weighted by molar-refractivity contribution is -0.140. The van der Waals surface area contributed by atoms with Gasteiger partial charge in [0.05, 0.1) is 0 Å². The number of aryl methyl sites for hydroxylation is 1. The van der Waals surface area contributed by atoms with Crippen molar-refractivity contribution in [2.24, 2.45) is 7.05 Å². The largest absolute Gasteiger partial charge is 0.435 e. The Hall–Kier alpha value is -1.37. The van der Waals surface area contributed by atoms with Crippen LogP contribution < -0.4 is 0 Å². The van der Waals surface area contributed by atoms with E-state index >= 15 is 0 Å². The maximum atomic E-state index is 12.7. The van der Waals surface area contributed by atoms with Crippen LogP contribution in [0.15, 0.2) is 29.1 Å². The van der Waals surface area contributed by atoms with Crippen molar-refractivity contribution in [2.75, 3.05) is 0 Å². The molecule has 0 aliphatic rings. The van der Waals surface area contributed by atoms with Crippen LogP contribution in [-0.2, 0) is 13.2 Å². The summed E-state index contributed by atoms with van der Waals surface area (Å²) in [6.45, 7) is 0. The van der Waals surface area contributed by atoms with Crippen molar-refractivity contribution in [2.45, 2.75) is 6.18 Å². The zero-order valence-corrected chi connectivity index (χ0v) is 10.2. The Labute approximate surface area is 103 Å². The van der Waals surface area contributed by atoms with Gasteiger partial charge in [-0.1, -0.05) is 0 Å². The SMILES string of the molecule is Cn1cc(-c2cncc(Br)c2)c(C(F)(F)F)n1. The quantitative estimate of drug-likeness (QED) is 0.809. The van der Waals surface area contributed by atoms with Gasteiger partial charge >= 0.3 is 6.18 Å². The van der Waals surface area contributed by atoms with E-state index in [2.05, 4.69) is 26.0 Å². The van der Waals surface area contributed by atoms with Gasteiger partial charge in [0.1, 0.15) is 0 Å². The molecule has 0 amide bonds. The van der Waals surface area contributed by atoms with Crippen molar-refractivity contribution < 1.29 is 13.2 Å². The number of halogens is 4. The maximum absolute atomic E-state index is 12.7. The Morgan fingerprint density at radius 2 is 2.00 bits per heavy atom. The molecule has 0 aromatic carbocycles. The molecule has 2 heterocycles. The van der Waals surface area contributed by atoms with Gasteiger partial charge < -0.3 is 0 Å². The molecule has 0 bridgehead atoms. The molecule has 0 spiro atoms. The Morgan fingerprint density at radius 1 is 1.29 bits per heavy atom. The number of hydrogen-bond donors (Lipinski definition) is 0. The van der Waals surface area contributed by atoms with Gasteiger partial charge in [-0.25, -0.2) is 0 Å². The second-order valence-corrected chi connectivity index (χ2v) is 4.37. The molecule has 0 atom stereocenters. The number of hydrogen-bond acceptors (Lipinski definition) is 2. The summed E-state index contributed by atoms with van der Waals surface area (Å²) in [5.41, 5.74) is -0.506. The first kappa shape index (κ1) is 12.1. The molecule has 0 aliphatic heterocycles. The van der Waals surface area contributed by atoms with Gasteiger partial charge in [-0.2, -0.15) is 18.3 Å². The summed E-state index contributed by atoms with van der Waals surface area (Å²) in [6, 6.07) is 1.57. The van der Waals surface area contributed by atoms with Gasteiger partial charge in [-0.15, -0.1) is 0 Å². The summed E-state index contributed by atoms with van der Waals surface area (Å²) in [4.78, 5) is 3.84. The van der Waals surface area contributed by atoms with E-state index in [0.717, 1.165) is 4.68 Å². The van der Waals surface area contributed by atoms with Gasteiger partial charge in [0.25, 0.3) is 0 Å². The molecule has 0 N–H and O–H groups in total. The molecular weight excluding hydrogens is 299 g/mol. The summed E-state index contributed by atoms with van der Waals surface area (Å²) < 4.78 is 40.0. The molecule has 7 heteroatoms. The number of nitrogens with zero attached hydrogens (tertiary/aromatic N) is 3. The molecule has 2 aromatic rings. The number of aromatic nitrogens is 3. The smallest absolute Gasteiger partial charge is 0.275 e. The van der Waals surface area contributed by atoms with Crippen LogP contribution in [-0.4, -0.2) is 14.8 Å². The summed E-state index contributed by atoms with van der Waals surface area (Å²) >= 11 is 3.17. The topological polar surface area (TPSA) is 30.7 Å². The van der Waals surface area contributed by atoms with Crippen LogP contribution >= 0.6 is 15.9 Å². The van der Waals surface area contributed by atoms with Gasteiger partial charge in [0, 0.05) is 41.2 Å². The zero-order valence-electron chi connectivity index (χ0n) is 8.66. The molecule has 0 saturated carbocycles. The normalized spacial score (nSPS) is 11.8. The van der Waals surface area contributed by atoms with E-state index in [9.17, 15) is 13.2 Å². The van der Waals surface area contributed by atoms with Crippen molar-refractivity contribution >= 4 is 15.9 Å². The maximum Gasteiger partial charge on any atom is 0.435 e. The van der Waals surface area contributed by atoms with Crippen LogP contribution in [0.1, 0.15) is 5.69 Å². The van der Waals surface area contributed by atoms with Crippen LogP contribution in [0.2, 0.25) is 0 Å². The highest BCUT2D eigenvalue weighted by Gasteiger charge is 2.37. The molecule has 0 aliphatic carbocycles. The summed E-state index contributed by atoms with van der Waals surface area (Å²) in [5.74, 6) is 0. The van der Waals surface area contributed by atoms with Gasteiger partial charge in [0.15, 0.2) is 5.69 Å². The molecule has 0 fully saturated rings. The lowest BCUT2D eigenvalue weighted by atomic mass is 10.1. The third-order valence-electron chi connectivity index (χ3n) is 2.11. The number of pyridine rings is 1. The van der Waals surface area contributed by atoms with Crippen LogP contribution in [0.5, 0.6) is 0 Å². The van der Waals surface area contributed by atoms with Crippen LogP contribution in [0.4, 0.5) is 13.2 Å². The summed E-state index contributed by atoms with van der Waals surface area (Å²) in [6.07, 6.45) is -0.269. The Morgan fingerprint density at radius 3 is 2.59 bits per heavy atom. The van der Waals surface area contributed by atoms with Crippen molar-refractivity contribution in [3.8, 4) is 11.1 Å². The molecule has 90 valence electrons. The predicted molar refractivity (Wildman–Crippen MR) is 59.1 cm³/mol. The third kappa shape index (κ3) is 2.49. The molecule has 0 saturated heterocycles. The minimum atomic E-state index is -4.47. The first-order valence-electron chi connectivity index (χ1n) is 4.59. The number of alkyl halides is 3. The highest BCUT2D eigenvalue weighted by atomic mass is 79.9. The third-order valence-corrected chi connectivity index (χ3v) is 2.55. The van der Waals surface area contributed by atoms with Crippen molar-refractivity contribution in [1.29, 1.82) is 0 Å². The highest BCUT2D eigenvalue weighted by Crippen LogP contribution is 2.36. The van der Waals surface area contributed by atoms with E-state index < -0.39 is 11.9 Å². The number of rotatable bonds is 1. The summed E-state index contributed by atoms with van der Waals surface area (Å²) in [7, 11) is 1.45. The molecule has 2 rings (SSSR count). The predicted octanol–water partition coefficient (Wildman–Crippen LogP) is 3.26. The fourth-order valence-electron chi connectivity index (χ4n) is 1.47. The fourth-order valence-corrected chi connectivity index (χ4v) is 1.83. The van der Waals surface area contributed by atoms with Crippen molar-refractivity contribution in [3.63, 3.8) is 0 Å². The molecule has 0 radical (unpaired) electrons. The molecular formula is C10H7BrF3N3. The average Bonchev–Trinajstić information content (AvgIpc) is 2.60. The van der Waals surface area contributed by atoms with Crippen molar-refractivity contribution in [1.82, 2.24) is 14.8 Å². The first-order chi connectivity index (χ1) is 7.88. The van der Waals surface area contributed by atoms with E-state index in [-0.39, 0.29) is 5.56 Å². The van der Waals surface area contributed by atoms with E-state index in [1.807, 2.05) is 0 Å².